The van der Waals surface area contributed by atoms with Crippen LogP contribution in [0.15, 0.2) is 54.6 Å². The molecule has 0 atom stereocenters. The van der Waals surface area contributed by atoms with Gasteiger partial charge in [-0.15, -0.1) is 0 Å². The van der Waals surface area contributed by atoms with E-state index in [-0.39, 0.29) is 30.5 Å². The monoisotopic (exact) mass is 441 g/mol. The largest absolute Gasteiger partial charge is 0.466 e. The van der Waals surface area contributed by atoms with E-state index in [0.29, 0.717) is 17.8 Å². The Kier molecular flexibility index (Phi) is 9.64. The van der Waals surface area contributed by atoms with Crippen LogP contribution in [0, 0.1) is 0 Å². The number of nitrogens with zero attached hydrogens (tertiary/aromatic N) is 1. The smallest absolute Gasteiger partial charge is 0.306 e. The number of hydrogen-bond acceptors (Lipinski definition) is 5. The highest BCUT2D eigenvalue weighted by Gasteiger charge is 2.18. The highest BCUT2D eigenvalue weighted by molar-refractivity contribution is 7.80. The average molecular weight is 442 g/mol. The van der Waals surface area contributed by atoms with Gasteiger partial charge in [-0.25, -0.2) is 0 Å². The minimum atomic E-state index is -0.436. The average Bonchev–Trinajstić information content (AvgIpc) is 2.78. The van der Waals surface area contributed by atoms with Gasteiger partial charge in [-0.1, -0.05) is 42.5 Å². The summed E-state index contributed by atoms with van der Waals surface area (Å²) in [7, 11) is 1.67. The highest BCUT2D eigenvalue weighted by atomic mass is 32.1. The third kappa shape index (κ3) is 7.82. The van der Waals surface area contributed by atoms with E-state index in [1.54, 1.807) is 43.1 Å². The van der Waals surface area contributed by atoms with Crippen molar-refractivity contribution in [2.24, 2.45) is 0 Å². The van der Waals surface area contributed by atoms with Crippen molar-refractivity contribution in [2.45, 2.75) is 26.2 Å². The number of nitrogens with one attached hydrogen (secondary N) is 2. The van der Waals surface area contributed by atoms with Gasteiger partial charge in [0.2, 0.25) is 5.91 Å². The third-order valence-electron chi connectivity index (χ3n) is 4.46. The number of thiocarbonyl (C=S) groups is 1. The van der Waals surface area contributed by atoms with Gasteiger partial charge in [0.25, 0.3) is 5.91 Å². The molecule has 0 unspecified atom stereocenters. The van der Waals surface area contributed by atoms with Crippen LogP contribution in [-0.4, -0.2) is 43.1 Å². The summed E-state index contributed by atoms with van der Waals surface area (Å²) in [5.41, 5.74) is 2.15. The summed E-state index contributed by atoms with van der Waals surface area (Å²) in [6, 6.07) is 16.9. The van der Waals surface area contributed by atoms with E-state index in [1.165, 1.54) is 0 Å². The van der Waals surface area contributed by atoms with Crippen LogP contribution in [-0.2, 0) is 20.7 Å². The molecule has 0 aliphatic heterocycles. The molecule has 0 bridgehead atoms. The summed E-state index contributed by atoms with van der Waals surface area (Å²) >= 11 is 5.31. The summed E-state index contributed by atoms with van der Waals surface area (Å²) in [6.45, 7) is 2.47. The first-order chi connectivity index (χ1) is 14.9. The molecule has 0 aromatic heterocycles. The minimum Gasteiger partial charge on any atom is -0.466 e. The van der Waals surface area contributed by atoms with Crippen molar-refractivity contribution in [2.75, 3.05) is 25.1 Å². The first kappa shape index (κ1) is 24.0. The number of amides is 2. The minimum absolute atomic E-state index is 0.0214. The van der Waals surface area contributed by atoms with Gasteiger partial charge in [0.1, 0.15) is 0 Å². The van der Waals surface area contributed by atoms with Crippen molar-refractivity contribution >= 4 is 40.8 Å². The molecule has 7 nitrogen and oxygen atoms in total. The van der Waals surface area contributed by atoms with Crippen LogP contribution in [0.5, 0.6) is 0 Å². The lowest BCUT2D eigenvalue weighted by Crippen LogP contribution is -2.41. The van der Waals surface area contributed by atoms with E-state index in [2.05, 4.69) is 10.6 Å². The standard InChI is InChI=1S/C23H27N3O4S/c1-3-30-21(28)14-13-20(27)25-23(31)26(2)19-12-8-7-11-18(19)22(29)24-16-15-17-9-5-4-6-10-17/h4-12H,3,13-16H2,1-2H3,(H,24,29)(H,25,27,31). The summed E-state index contributed by atoms with van der Waals surface area (Å²) < 4.78 is 4.81. The third-order valence-corrected chi connectivity index (χ3v) is 4.84. The van der Waals surface area contributed by atoms with Gasteiger partial charge in [0, 0.05) is 20.0 Å². The van der Waals surface area contributed by atoms with Crippen molar-refractivity contribution in [1.29, 1.82) is 0 Å². The van der Waals surface area contributed by atoms with Crippen molar-refractivity contribution in [3.63, 3.8) is 0 Å². The molecule has 2 aromatic rings. The first-order valence-corrected chi connectivity index (χ1v) is 10.5. The maximum Gasteiger partial charge on any atom is 0.306 e. The number of para-hydroxylation sites is 1. The lowest BCUT2D eigenvalue weighted by atomic mass is 10.1. The number of ether oxygens (including phenoxy) is 1. The molecule has 2 N–H and O–H groups in total. The van der Waals surface area contributed by atoms with Gasteiger partial charge < -0.3 is 20.3 Å². The summed E-state index contributed by atoms with van der Waals surface area (Å²) in [5.74, 6) is -1.06. The number of anilines is 1. The topological polar surface area (TPSA) is 87.7 Å². The molecule has 2 aromatic carbocycles. The molecule has 0 saturated heterocycles. The second-order valence-corrected chi connectivity index (χ2v) is 7.11. The van der Waals surface area contributed by atoms with Gasteiger partial charge in [0.05, 0.1) is 24.3 Å². The molecule has 0 aliphatic rings. The molecule has 0 spiro atoms. The summed E-state index contributed by atoms with van der Waals surface area (Å²) in [4.78, 5) is 37.8. The van der Waals surface area contributed by atoms with Gasteiger partial charge >= 0.3 is 5.97 Å². The van der Waals surface area contributed by atoms with Crippen LogP contribution >= 0.6 is 12.2 Å². The molecule has 0 fully saturated rings. The van der Waals surface area contributed by atoms with Gasteiger partial charge in [-0.3, -0.25) is 14.4 Å². The van der Waals surface area contributed by atoms with Crippen molar-refractivity contribution in [1.82, 2.24) is 10.6 Å². The Morgan fingerprint density at radius 2 is 1.68 bits per heavy atom. The summed E-state index contributed by atoms with van der Waals surface area (Å²) in [6.07, 6.45) is 0.667. The SMILES string of the molecule is CCOC(=O)CCC(=O)NC(=S)N(C)c1ccccc1C(=O)NCCc1ccccc1. The fourth-order valence-corrected chi connectivity index (χ4v) is 3.05. The normalized spacial score (nSPS) is 10.1. The van der Waals surface area contributed by atoms with E-state index in [0.717, 1.165) is 12.0 Å². The fraction of sp³-hybridized carbons (Fsp3) is 0.304. The van der Waals surface area contributed by atoms with Crippen molar-refractivity contribution in [3.8, 4) is 0 Å². The van der Waals surface area contributed by atoms with Gasteiger partial charge in [-0.05, 0) is 43.3 Å². The molecule has 31 heavy (non-hydrogen) atoms. The number of rotatable bonds is 9. The number of esters is 1. The maximum absolute atomic E-state index is 12.7. The Labute approximate surface area is 187 Å². The molecule has 0 heterocycles. The second kappa shape index (κ2) is 12.4. The van der Waals surface area contributed by atoms with Crippen LogP contribution in [0.1, 0.15) is 35.7 Å². The van der Waals surface area contributed by atoms with Crippen LogP contribution in [0.4, 0.5) is 5.69 Å². The van der Waals surface area contributed by atoms with Crippen LogP contribution in [0.2, 0.25) is 0 Å². The predicted molar refractivity (Wildman–Crippen MR) is 124 cm³/mol. The van der Waals surface area contributed by atoms with E-state index in [4.69, 9.17) is 17.0 Å². The van der Waals surface area contributed by atoms with Crippen molar-refractivity contribution in [3.05, 3.63) is 65.7 Å². The maximum atomic E-state index is 12.7. The predicted octanol–water partition coefficient (Wildman–Crippen LogP) is 2.84. The van der Waals surface area contributed by atoms with E-state index in [1.807, 2.05) is 30.3 Å². The van der Waals surface area contributed by atoms with Crippen molar-refractivity contribution < 1.29 is 19.1 Å². The number of benzene rings is 2. The molecular formula is C23H27N3O4S. The van der Waals surface area contributed by atoms with Crippen LogP contribution in [0.3, 0.4) is 0 Å². The number of carbonyl (C=O) groups excluding carboxylic acids is 3. The second-order valence-electron chi connectivity index (χ2n) is 6.73. The molecule has 2 amide bonds. The van der Waals surface area contributed by atoms with Gasteiger partial charge in [-0.2, -0.15) is 0 Å². The molecule has 164 valence electrons. The molecular weight excluding hydrogens is 414 g/mol. The zero-order valence-corrected chi connectivity index (χ0v) is 18.5. The number of carbonyl (C=O) groups is 3. The molecule has 0 aliphatic carbocycles. The highest BCUT2D eigenvalue weighted by Crippen LogP contribution is 2.19. The zero-order chi connectivity index (χ0) is 22.6. The van der Waals surface area contributed by atoms with E-state index < -0.39 is 11.9 Å². The van der Waals surface area contributed by atoms with Gasteiger partial charge in [0.15, 0.2) is 5.11 Å². The molecule has 8 heteroatoms. The Morgan fingerprint density at radius 1 is 1.00 bits per heavy atom. The first-order valence-electron chi connectivity index (χ1n) is 10.1. The number of hydrogen-bond donors (Lipinski definition) is 2. The van der Waals surface area contributed by atoms with Crippen LogP contribution < -0.4 is 15.5 Å². The lowest BCUT2D eigenvalue weighted by Gasteiger charge is -2.23. The fourth-order valence-electron chi connectivity index (χ4n) is 2.84. The zero-order valence-electron chi connectivity index (χ0n) is 17.7. The molecule has 2 rings (SSSR count). The molecule has 0 radical (unpaired) electrons. The Morgan fingerprint density at radius 3 is 2.39 bits per heavy atom. The Hall–Kier alpha value is -3.26. The van der Waals surface area contributed by atoms with E-state index >= 15 is 0 Å². The Bertz CT molecular complexity index is 918. The quantitative estimate of drug-likeness (QED) is 0.460. The van der Waals surface area contributed by atoms with E-state index in [9.17, 15) is 14.4 Å². The molecule has 0 saturated carbocycles. The lowest BCUT2D eigenvalue weighted by molar-refractivity contribution is -0.144. The summed E-state index contributed by atoms with van der Waals surface area (Å²) in [5, 5.41) is 5.64. The Balaban J connectivity index is 1.94. The van der Waals surface area contributed by atoms with Crippen LogP contribution in [0.25, 0.3) is 0 Å².